The Kier molecular flexibility index (Phi) is 5.83. The van der Waals surface area contributed by atoms with E-state index in [1.54, 1.807) is 11.2 Å². The SMILES string of the molecule is O=C(c1ccc(F)cc1F)N(Cc1cccc(-c2ccc3ncnc(N4CCCC4)c3c2)c1)C1CC1. The number of halogens is 2. The van der Waals surface area contributed by atoms with Gasteiger partial charge >= 0.3 is 0 Å². The molecule has 1 amide bonds. The fraction of sp³-hybridized carbons (Fsp3) is 0.276. The zero-order valence-electron chi connectivity index (χ0n) is 19.8. The van der Waals surface area contributed by atoms with Crippen molar-refractivity contribution in [2.75, 3.05) is 18.0 Å². The molecular weight excluding hydrogens is 458 g/mol. The summed E-state index contributed by atoms with van der Waals surface area (Å²) >= 11 is 0. The first-order valence-electron chi connectivity index (χ1n) is 12.4. The molecule has 5 nitrogen and oxygen atoms in total. The van der Waals surface area contributed by atoms with E-state index in [9.17, 15) is 13.6 Å². The van der Waals surface area contributed by atoms with Crippen molar-refractivity contribution in [3.63, 3.8) is 0 Å². The molecule has 3 aromatic carbocycles. The predicted octanol–water partition coefficient (Wildman–Crippen LogP) is 5.98. The van der Waals surface area contributed by atoms with E-state index >= 15 is 0 Å². The number of hydrogen-bond donors (Lipinski definition) is 0. The molecule has 0 N–H and O–H groups in total. The van der Waals surface area contributed by atoms with Crippen molar-refractivity contribution < 1.29 is 13.6 Å². The van der Waals surface area contributed by atoms with Gasteiger partial charge in [-0.25, -0.2) is 18.7 Å². The number of aromatic nitrogens is 2. The first kappa shape index (κ1) is 22.6. The molecule has 0 bridgehead atoms. The van der Waals surface area contributed by atoms with Crippen LogP contribution in [0.3, 0.4) is 0 Å². The molecule has 2 heterocycles. The highest BCUT2D eigenvalue weighted by Crippen LogP contribution is 2.33. The lowest BCUT2D eigenvalue weighted by Crippen LogP contribution is -2.33. The van der Waals surface area contributed by atoms with Gasteiger partial charge in [-0.05, 0) is 72.7 Å². The van der Waals surface area contributed by atoms with Gasteiger partial charge in [0.2, 0.25) is 0 Å². The third-order valence-corrected chi connectivity index (χ3v) is 7.04. The van der Waals surface area contributed by atoms with Crippen LogP contribution in [0.4, 0.5) is 14.6 Å². The van der Waals surface area contributed by atoms with Crippen LogP contribution in [0.15, 0.2) is 67.0 Å². The molecular formula is C29H26F2N4O. The molecule has 0 spiro atoms. The highest BCUT2D eigenvalue weighted by atomic mass is 19.1. The van der Waals surface area contributed by atoms with Crippen molar-refractivity contribution >= 4 is 22.6 Å². The van der Waals surface area contributed by atoms with E-state index in [0.29, 0.717) is 6.54 Å². The maximum atomic E-state index is 14.3. The zero-order valence-corrected chi connectivity index (χ0v) is 19.8. The number of carbonyl (C=O) groups is 1. The van der Waals surface area contributed by atoms with Crippen molar-refractivity contribution in [1.29, 1.82) is 0 Å². The second-order valence-electron chi connectivity index (χ2n) is 9.61. The number of fused-ring (bicyclic) bond motifs is 1. The van der Waals surface area contributed by atoms with Gasteiger partial charge in [0.1, 0.15) is 23.8 Å². The normalized spacial score (nSPS) is 15.4. The maximum absolute atomic E-state index is 14.3. The van der Waals surface area contributed by atoms with Crippen molar-refractivity contribution in [1.82, 2.24) is 14.9 Å². The summed E-state index contributed by atoms with van der Waals surface area (Å²) in [5.41, 5.74) is 3.86. The van der Waals surface area contributed by atoms with Crippen LogP contribution in [-0.2, 0) is 6.54 Å². The van der Waals surface area contributed by atoms with Crippen molar-refractivity contribution in [3.8, 4) is 11.1 Å². The number of carbonyl (C=O) groups excluding carboxylic acids is 1. The third kappa shape index (κ3) is 4.41. The molecule has 182 valence electrons. The van der Waals surface area contributed by atoms with Gasteiger partial charge in [-0.15, -0.1) is 0 Å². The number of anilines is 1. The lowest BCUT2D eigenvalue weighted by atomic mass is 10.0. The van der Waals surface area contributed by atoms with E-state index < -0.39 is 17.5 Å². The summed E-state index contributed by atoms with van der Waals surface area (Å²) in [6.07, 6.45) is 5.75. The summed E-state index contributed by atoms with van der Waals surface area (Å²) in [6, 6.07) is 17.5. The molecule has 36 heavy (non-hydrogen) atoms. The van der Waals surface area contributed by atoms with E-state index in [0.717, 1.165) is 71.5 Å². The predicted molar refractivity (Wildman–Crippen MR) is 136 cm³/mol. The lowest BCUT2D eigenvalue weighted by molar-refractivity contribution is 0.0725. The van der Waals surface area contributed by atoms with Crippen molar-refractivity contribution in [2.24, 2.45) is 0 Å². The molecule has 0 unspecified atom stereocenters. The highest BCUT2D eigenvalue weighted by molar-refractivity contribution is 5.95. The molecule has 0 radical (unpaired) electrons. The molecule has 2 fully saturated rings. The summed E-state index contributed by atoms with van der Waals surface area (Å²) in [5.74, 6) is -0.948. The van der Waals surface area contributed by atoms with Crippen LogP contribution in [0, 0.1) is 11.6 Å². The standard InChI is InChI=1S/C29H26F2N4O/c30-22-7-10-24(26(31)16-22)29(36)35(23-8-9-23)17-19-4-3-5-20(14-19)21-6-11-27-25(15-21)28(33-18-32-27)34-12-1-2-13-34/h3-7,10-11,14-16,18,23H,1-2,8-9,12-13,17H2. The van der Waals surface area contributed by atoms with Gasteiger partial charge in [0.15, 0.2) is 0 Å². The van der Waals surface area contributed by atoms with E-state index in [1.165, 1.54) is 18.9 Å². The number of nitrogens with zero attached hydrogens (tertiary/aromatic N) is 4. The minimum atomic E-state index is -0.827. The van der Waals surface area contributed by atoms with Crippen LogP contribution >= 0.6 is 0 Å². The largest absolute Gasteiger partial charge is 0.356 e. The average molecular weight is 485 g/mol. The Bertz CT molecular complexity index is 1450. The summed E-state index contributed by atoms with van der Waals surface area (Å²) in [7, 11) is 0. The average Bonchev–Trinajstić information content (AvgIpc) is 3.59. The van der Waals surface area contributed by atoms with E-state index in [-0.39, 0.29) is 11.6 Å². The van der Waals surface area contributed by atoms with Gasteiger partial charge < -0.3 is 9.80 Å². The summed E-state index contributed by atoms with van der Waals surface area (Å²) < 4.78 is 27.7. The number of amides is 1. The maximum Gasteiger partial charge on any atom is 0.257 e. The van der Waals surface area contributed by atoms with Gasteiger partial charge in [0.25, 0.3) is 5.91 Å². The molecule has 6 rings (SSSR count). The molecule has 7 heteroatoms. The van der Waals surface area contributed by atoms with Gasteiger partial charge in [0, 0.05) is 37.1 Å². The number of hydrogen-bond acceptors (Lipinski definition) is 4. The highest BCUT2D eigenvalue weighted by Gasteiger charge is 2.34. The fourth-order valence-corrected chi connectivity index (χ4v) is 5.02. The van der Waals surface area contributed by atoms with Crippen molar-refractivity contribution in [2.45, 2.75) is 38.3 Å². The topological polar surface area (TPSA) is 49.3 Å². The van der Waals surface area contributed by atoms with Crippen molar-refractivity contribution in [3.05, 3.63) is 89.8 Å². The van der Waals surface area contributed by atoms with Crippen LogP contribution in [-0.4, -0.2) is 39.9 Å². The third-order valence-electron chi connectivity index (χ3n) is 7.04. The van der Waals surface area contributed by atoms with Crippen LogP contribution in [0.2, 0.25) is 0 Å². The van der Waals surface area contributed by atoms with Crippen LogP contribution in [0.1, 0.15) is 41.6 Å². The van der Waals surface area contributed by atoms with Crippen LogP contribution < -0.4 is 4.90 Å². The molecule has 1 aliphatic carbocycles. The van der Waals surface area contributed by atoms with Gasteiger partial charge in [-0.2, -0.15) is 0 Å². The van der Waals surface area contributed by atoms with Gasteiger partial charge in [-0.3, -0.25) is 4.79 Å². The molecule has 1 saturated heterocycles. The number of benzene rings is 3. The van der Waals surface area contributed by atoms with E-state index in [2.05, 4.69) is 33.1 Å². The van der Waals surface area contributed by atoms with Crippen LogP contribution in [0.25, 0.3) is 22.0 Å². The minimum Gasteiger partial charge on any atom is -0.356 e. The molecule has 4 aromatic rings. The first-order valence-corrected chi connectivity index (χ1v) is 12.4. The Morgan fingerprint density at radius 3 is 2.53 bits per heavy atom. The Morgan fingerprint density at radius 1 is 0.944 bits per heavy atom. The first-order chi connectivity index (χ1) is 17.6. The second kappa shape index (κ2) is 9.30. The fourth-order valence-electron chi connectivity index (χ4n) is 5.02. The van der Waals surface area contributed by atoms with Crippen LogP contribution in [0.5, 0.6) is 0 Å². The quantitative estimate of drug-likeness (QED) is 0.338. The Morgan fingerprint density at radius 2 is 1.75 bits per heavy atom. The molecule has 1 saturated carbocycles. The Balaban J connectivity index is 1.30. The molecule has 2 aliphatic rings. The van der Waals surface area contributed by atoms with E-state index in [4.69, 9.17) is 0 Å². The van der Waals surface area contributed by atoms with Gasteiger partial charge in [-0.1, -0.05) is 24.3 Å². The Hall–Kier alpha value is -3.87. The second-order valence-corrected chi connectivity index (χ2v) is 9.61. The zero-order chi connectivity index (χ0) is 24.6. The summed E-state index contributed by atoms with van der Waals surface area (Å²) in [6.45, 7) is 2.38. The van der Waals surface area contributed by atoms with E-state index in [1.807, 2.05) is 24.3 Å². The number of rotatable bonds is 6. The Labute approximate surface area is 208 Å². The summed E-state index contributed by atoms with van der Waals surface area (Å²) in [4.78, 5) is 26.2. The molecule has 1 aromatic heterocycles. The monoisotopic (exact) mass is 484 g/mol. The lowest BCUT2D eigenvalue weighted by Gasteiger charge is -2.23. The smallest absolute Gasteiger partial charge is 0.257 e. The van der Waals surface area contributed by atoms with Gasteiger partial charge in [0.05, 0.1) is 11.1 Å². The minimum absolute atomic E-state index is 0.0754. The molecule has 0 atom stereocenters. The summed E-state index contributed by atoms with van der Waals surface area (Å²) in [5, 5.41) is 1.03. The molecule has 1 aliphatic heterocycles.